The van der Waals surface area contributed by atoms with Gasteiger partial charge in [-0.3, -0.25) is 0 Å². The molecule has 2 aromatic rings. The molecule has 0 fully saturated rings. The van der Waals surface area contributed by atoms with Crippen molar-refractivity contribution < 1.29 is 14.4 Å². The summed E-state index contributed by atoms with van der Waals surface area (Å²) in [5.41, 5.74) is 0.159. The first-order chi connectivity index (χ1) is 6.59. The summed E-state index contributed by atoms with van der Waals surface area (Å²) in [5, 5.41) is 20.4. The molecule has 0 atom stereocenters. The third kappa shape index (κ3) is 1.54. The SMILES string of the molecule is OB(O)c1cc(F)cc2scc(S)c12. The lowest BCUT2D eigenvalue weighted by molar-refractivity contribution is 0.426. The third-order valence-corrected chi connectivity index (χ3v) is 3.39. The van der Waals surface area contributed by atoms with Gasteiger partial charge in [0.15, 0.2) is 0 Å². The normalized spacial score (nSPS) is 10.9. The lowest BCUT2D eigenvalue weighted by Gasteiger charge is -2.02. The van der Waals surface area contributed by atoms with E-state index in [1.165, 1.54) is 17.4 Å². The van der Waals surface area contributed by atoms with Crippen LogP contribution in [-0.4, -0.2) is 17.2 Å². The molecule has 72 valence electrons. The summed E-state index contributed by atoms with van der Waals surface area (Å²) in [6, 6.07) is 2.46. The highest BCUT2D eigenvalue weighted by Gasteiger charge is 2.18. The highest BCUT2D eigenvalue weighted by molar-refractivity contribution is 7.80. The van der Waals surface area contributed by atoms with Gasteiger partial charge < -0.3 is 10.0 Å². The molecule has 2 nitrogen and oxygen atoms in total. The number of hydrogen-bond donors (Lipinski definition) is 3. The Hall–Kier alpha value is -0.555. The number of hydrogen-bond acceptors (Lipinski definition) is 4. The van der Waals surface area contributed by atoms with E-state index in [1.54, 1.807) is 5.38 Å². The molecule has 0 amide bonds. The fourth-order valence-corrected chi connectivity index (χ4v) is 2.72. The summed E-state index contributed by atoms with van der Waals surface area (Å²) in [4.78, 5) is 0.633. The lowest BCUT2D eigenvalue weighted by Crippen LogP contribution is -2.30. The van der Waals surface area contributed by atoms with Crippen LogP contribution in [0.3, 0.4) is 0 Å². The van der Waals surface area contributed by atoms with E-state index in [-0.39, 0.29) is 5.46 Å². The maximum absolute atomic E-state index is 13.0. The zero-order chi connectivity index (χ0) is 10.3. The molecule has 14 heavy (non-hydrogen) atoms. The Kier molecular flexibility index (Phi) is 2.53. The van der Waals surface area contributed by atoms with Crippen LogP contribution in [0.5, 0.6) is 0 Å². The van der Waals surface area contributed by atoms with E-state index in [0.29, 0.717) is 15.0 Å². The minimum absolute atomic E-state index is 0.159. The molecule has 6 heteroatoms. The minimum atomic E-state index is -1.67. The van der Waals surface area contributed by atoms with E-state index in [0.717, 1.165) is 6.07 Å². The van der Waals surface area contributed by atoms with Crippen LogP contribution < -0.4 is 5.46 Å². The van der Waals surface area contributed by atoms with Gasteiger partial charge in [-0.05, 0) is 17.6 Å². The van der Waals surface area contributed by atoms with Gasteiger partial charge in [0.2, 0.25) is 0 Å². The standard InChI is InChI=1S/C8H6BFO2S2/c10-4-1-5(9(11)12)8-6(13)3-14-7(8)2-4/h1-3,11-13H. The van der Waals surface area contributed by atoms with Gasteiger partial charge in [0.1, 0.15) is 5.82 Å². The predicted molar refractivity (Wildman–Crippen MR) is 58.9 cm³/mol. The van der Waals surface area contributed by atoms with Gasteiger partial charge in [-0.1, -0.05) is 0 Å². The van der Waals surface area contributed by atoms with Crippen LogP contribution >= 0.6 is 24.0 Å². The van der Waals surface area contributed by atoms with Crippen LogP contribution in [0.15, 0.2) is 22.4 Å². The van der Waals surface area contributed by atoms with Gasteiger partial charge in [0.05, 0.1) is 0 Å². The maximum atomic E-state index is 13.0. The Balaban J connectivity index is 2.83. The van der Waals surface area contributed by atoms with Gasteiger partial charge in [-0.2, -0.15) is 0 Å². The fourth-order valence-electron chi connectivity index (χ4n) is 1.35. The Bertz CT molecular complexity index is 483. The number of halogens is 1. The van der Waals surface area contributed by atoms with Gasteiger partial charge in [-0.15, -0.1) is 24.0 Å². The van der Waals surface area contributed by atoms with Crippen molar-refractivity contribution in [2.45, 2.75) is 4.90 Å². The molecule has 1 heterocycles. The molecule has 0 aliphatic heterocycles. The zero-order valence-electron chi connectivity index (χ0n) is 6.94. The molecule has 2 rings (SSSR count). The Morgan fingerprint density at radius 1 is 1.36 bits per heavy atom. The van der Waals surface area contributed by atoms with E-state index in [2.05, 4.69) is 12.6 Å². The summed E-state index contributed by atoms with van der Waals surface area (Å²) in [5.74, 6) is -0.476. The van der Waals surface area contributed by atoms with Crippen LogP contribution in [0.2, 0.25) is 0 Å². The molecule has 0 saturated carbocycles. The molecule has 2 N–H and O–H groups in total. The summed E-state index contributed by atoms with van der Waals surface area (Å²) in [6.07, 6.45) is 0. The lowest BCUT2D eigenvalue weighted by atomic mass is 9.78. The van der Waals surface area contributed by atoms with Crippen molar-refractivity contribution in [2.75, 3.05) is 0 Å². The average Bonchev–Trinajstić information content (AvgIpc) is 2.46. The van der Waals surface area contributed by atoms with Gasteiger partial charge >= 0.3 is 7.12 Å². The van der Waals surface area contributed by atoms with Crippen molar-refractivity contribution >= 4 is 46.6 Å². The van der Waals surface area contributed by atoms with Crippen molar-refractivity contribution in [3.63, 3.8) is 0 Å². The molecule has 1 aromatic heterocycles. The van der Waals surface area contributed by atoms with Crippen LogP contribution in [0, 0.1) is 5.82 Å². The average molecular weight is 228 g/mol. The maximum Gasteiger partial charge on any atom is 0.489 e. The molecular formula is C8H6BFO2S2. The second-order valence-electron chi connectivity index (χ2n) is 2.86. The van der Waals surface area contributed by atoms with Crippen molar-refractivity contribution in [2.24, 2.45) is 0 Å². The summed E-state index contributed by atoms with van der Waals surface area (Å²) < 4.78 is 13.7. The van der Waals surface area contributed by atoms with Gasteiger partial charge in [0, 0.05) is 20.4 Å². The summed E-state index contributed by atoms with van der Waals surface area (Å²) in [6.45, 7) is 0. The Labute approximate surface area is 89.6 Å². The van der Waals surface area contributed by atoms with Crippen LogP contribution in [-0.2, 0) is 0 Å². The van der Waals surface area contributed by atoms with E-state index >= 15 is 0 Å². The highest BCUT2D eigenvalue weighted by Crippen LogP contribution is 2.27. The number of thiophene rings is 1. The quantitative estimate of drug-likeness (QED) is 0.503. The first-order valence-corrected chi connectivity index (χ1v) is 5.18. The van der Waals surface area contributed by atoms with Gasteiger partial charge in [-0.25, -0.2) is 4.39 Å². The summed E-state index contributed by atoms with van der Waals surface area (Å²) >= 11 is 5.49. The first kappa shape index (κ1) is 9.98. The largest absolute Gasteiger partial charge is 0.489 e. The number of fused-ring (bicyclic) bond motifs is 1. The number of thiol groups is 1. The predicted octanol–water partition coefficient (Wildman–Crippen LogP) is 1.01. The van der Waals surface area contributed by atoms with E-state index < -0.39 is 12.9 Å². The molecule has 0 aliphatic carbocycles. The van der Waals surface area contributed by atoms with E-state index in [4.69, 9.17) is 10.0 Å². The monoisotopic (exact) mass is 228 g/mol. The second kappa shape index (κ2) is 3.54. The molecule has 0 aliphatic rings. The Morgan fingerprint density at radius 2 is 2.07 bits per heavy atom. The number of rotatable bonds is 1. The van der Waals surface area contributed by atoms with Crippen LogP contribution in [0.4, 0.5) is 4.39 Å². The van der Waals surface area contributed by atoms with Gasteiger partial charge in [0.25, 0.3) is 0 Å². The first-order valence-electron chi connectivity index (χ1n) is 3.85. The molecule has 1 aromatic carbocycles. The minimum Gasteiger partial charge on any atom is -0.423 e. The second-order valence-corrected chi connectivity index (χ2v) is 4.26. The molecule has 0 spiro atoms. The Morgan fingerprint density at radius 3 is 2.71 bits per heavy atom. The van der Waals surface area contributed by atoms with Crippen molar-refractivity contribution in [3.05, 3.63) is 23.3 Å². The third-order valence-electron chi connectivity index (χ3n) is 1.93. The van der Waals surface area contributed by atoms with Crippen molar-refractivity contribution in [3.8, 4) is 0 Å². The topological polar surface area (TPSA) is 40.5 Å². The van der Waals surface area contributed by atoms with Crippen LogP contribution in [0.25, 0.3) is 10.1 Å². The fraction of sp³-hybridized carbons (Fsp3) is 0. The molecule has 0 radical (unpaired) electrons. The highest BCUT2D eigenvalue weighted by atomic mass is 32.1. The van der Waals surface area contributed by atoms with Crippen molar-refractivity contribution in [1.82, 2.24) is 0 Å². The van der Waals surface area contributed by atoms with Crippen LogP contribution in [0.1, 0.15) is 0 Å². The molecule has 0 bridgehead atoms. The molecular weight excluding hydrogens is 222 g/mol. The number of benzene rings is 1. The van der Waals surface area contributed by atoms with E-state index in [1.807, 2.05) is 0 Å². The summed E-state index contributed by atoms with van der Waals surface area (Å²) in [7, 11) is -1.67. The zero-order valence-corrected chi connectivity index (χ0v) is 8.65. The van der Waals surface area contributed by atoms with Crippen molar-refractivity contribution in [1.29, 1.82) is 0 Å². The smallest absolute Gasteiger partial charge is 0.423 e. The van der Waals surface area contributed by atoms with E-state index in [9.17, 15) is 4.39 Å². The molecule has 0 saturated heterocycles. The molecule has 0 unspecified atom stereocenters.